The molecule has 11 aromatic rings. The summed E-state index contributed by atoms with van der Waals surface area (Å²) < 4.78 is 38.3. The quantitative estimate of drug-likeness (QED) is 0.169. The number of hydrogen-bond acceptors (Lipinski definition) is 2. The molecule has 0 radical (unpaired) electrons. The third kappa shape index (κ3) is 5.39. The van der Waals surface area contributed by atoms with E-state index >= 15 is 4.39 Å². The summed E-state index contributed by atoms with van der Waals surface area (Å²) in [5.74, 6) is -1.19. The molecule has 2 heterocycles. The minimum Gasteiger partial charge on any atom is -0.455 e. The first kappa shape index (κ1) is 32.9. The lowest BCUT2D eigenvalue weighted by molar-refractivity contribution is 0.590. The average molecular weight is 739 g/mol. The molecule has 0 atom stereocenters. The van der Waals surface area contributed by atoms with Crippen LogP contribution in [0.4, 0.5) is 25.8 Å². The number of benzene rings is 9. The maximum absolute atomic E-state index is 15.5. The van der Waals surface area contributed by atoms with Crippen LogP contribution in [-0.4, -0.2) is 4.57 Å². The first-order valence-electron chi connectivity index (χ1n) is 19.0. The number of aromatic nitrogens is 1. The Kier molecular flexibility index (Phi) is 7.54. The smallest absolute Gasteiger partial charge is 0.150 e. The fourth-order valence-corrected chi connectivity index (χ4v) is 8.53. The monoisotopic (exact) mass is 738 g/mol. The molecule has 0 saturated carbocycles. The van der Waals surface area contributed by atoms with E-state index in [4.69, 9.17) is 4.42 Å². The van der Waals surface area contributed by atoms with Crippen LogP contribution in [0.5, 0.6) is 0 Å². The second-order valence-corrected chi connectivity index (χ2v) is 14.4. The van der Waals surface area contributed by atoms with E-state index < -0.39 is 11.6 Å². The summed E-state index contributed by atoms with van der Waals surface area (Å²) in [6, 6.07) is 64.7. The summed E-state index contributed by atoms with van der Waals surface area (Å²) in [6.07, 6.45) is 0. The Morgan fingerprint density at radius 2 is 1.16 bits per heavy atom. The van der Waals surface area contributed by atoms with E-state index in [0.29, 0.717) is 10.9 Å². The molecule has 0 fully saturated rings. The fourth-order valence-electron chi connectivity index (χ4n) is 8.53. The average Bonchev–Trinajstić information content (AvgIpc) is 3.81. The highest BCUT2D eigenvalue weighted by molar-refractivity contribution is 6.11. The van der Waals surface area contributed by atoms with E-state index in [-0.39, 0.29) is 0 Å². The minimum atomic E-state index is -0.595. The molecule has 11 rings (SSSR count). The van der Waals surface area contributed by atoms with Crippen molar-refractivity contribution < 1.29 is 13.2 Å². The zero-order valence-electron chi connectivity index (χ0n) is 30.5. The number of hydrogen-bond donors (Lipinski definition) is 0. The Hall–Kier alpha value is -7.50. The van der Waals surface area contributed by atoms with Crippen molar-refractivity contribution >= 4 is 71.6 Å². The zero-order chi connectivity index (χ0) is 38.0. The van der Waals surface area contributed by atoms with Crippen molar-refractivity contribution in [2.75, 3.05) is 4.90 Å². The molecule has 0 amide bonds. The van der Waals surface area contributed by atoms with Crippen molar-refractivity contribution in [2.24, 2.45) is 0 Å². The summed E-state index contributed by atoms with van der Waals surface area (Å²) in [5, 5.41) is 5.83. The Morgan fingerprint density at radius 3 is 2.05 bits per heavy atom. The van der Waals surface area contributed by atoms with Crippen LogP contribution >= 0.6 is 0 Å². The first-order valence-corrected chi connectivity index (χ1v) is 19.0. The molecule has 9 aromatic carbocycles. The van der Waals surface area contributed by atoms with Crippen LogP contribution in [0.1, 0.15) is 0 Å². The van der Waals surface area contributed by atoms with Crippen molar-refractivity contribution in [1.29, 1.82) is 0 Å². The van der Waals surface area contributed by atoms with Gasteiger partial charge in [0.25, 0.3) is 0 Å². The first-order chi connectivity index (χ1) is 28.1. The van der Waals surface area contributed by atoms with Gasteiger partial charge in [-0.3, -0.25) is 0 Å². The van der Waals surface area contributed by atoms with E-state index in [1.165, 1.54) is 6.07 Å². The topological polar surface area (TPSA) is 21.3 Å². The van der Waals surface area contributed by atoms with Gasteiger partial charge < -0.3 is 13.9 Å². The second-order valence-electron chi connectivity index (χ2n) is 14.4. The molecule has 0 bridgehead atoms. The molecule has 0 saturated heterocycles. The number of nitrogens with zero attached hydrogens (tertiary/aromatic N) is 2. The summed E-state index contributed by atoms with van der Waals surface area (Å²) in [5.41, 5.74) is 10.9. The molecule has 0 aliphatic carbocycles. The Balaban J connectivity index is 1.03. The van der Waals surface area contributed by atoms with Crippen LogP contribution in [-0.2, 0) is 0 Å². The molecule has 5 heteroatoms. The maximum Gasteiger partial charge on any atom is 0.150 e. The van der Waals surface area contributed by atoms with Gasteiger partial charge in [-0.2, -0.15) is 0 Å². The van der Waals surface area contributed by atoms with E-state index in [9.17, 15) is 4.39 Å². The highest BCUT2D eigenvalue weighted by Crippen LogP contribution is 2.43. The van der Waals surface area contributed by atoms with Crippen LogP contribution in [0.2, 0.25) is 0 Å². The molecular weight excluding hydrogens is 707 g/mol. The number of rotatable bonds is 6. The standard InChI is InChI=1S/C52H32F2N2O/c53-37-31-46-43-18-3-5-22-49(43)56(51(46)47(54)32-37)40-16-7-13-35(29-40)33-25-27-38(28-26-33)55(48-23-9-12-34-11-1-2-17-41(34)48)39-15-8-14-36(30-39)42-20-10-21-45-44-19-4-6-24-50(44)57-52(42)45/h1-32H. The molecule has 270 valence electrons. The lowest BCUT2D eigenvalue weighted by Crippen LogP contribution is -2.10. The molecule has 2 aromatic heterocycles. The summed E-state index contributed by atoms with van der Waals surface area (Å²) >= 11 is 0. The lowest BCUT2D eigenvalue weighted by Gasteiger charge is -2.27. The zero-order valence-corrected chi connectivity index (χ0v) is 30.5. The second kappa shape index (κ2) is 13.1. The molecule has 0 N–H and O–H groups in total. The Morgan fingerprint density at radius 1 is 0.456 bits per heavy atom. The number of halogens is 2. The molecule has 0 aliphatic heterocycles. The molecule has 57 heavy (non-hydrogen) atoms. The summed E-state index contributed by atoms with van der Waals surface area (Å²) in [7, 11) is 0. The van der Waals surface area contributed by atoms with Gasteiger partial charge in [0.15, 0.2) is 5.82 Å². The highest BCUT2D eigenvalue weighted by atomic mass is 19.1. The molecule has 0 unspecified atom stereocenters. The van der Waals surface area contributed by atoms with Gasteiger partial charge in [-0.15, -0.1) is 0 Å². The minimum absolute atomic E-state index is 0.356. The van der Waals surface area contributed by atoms with Crippen LogP contribution in [0.3, 0.4) is 0 Å². The lowest BCUT2D eigenvalue weighted by atomic mass is 10.0. The fraction of sp³-hybridized carbons (Fsp3) is 0. The van der Waals surface area contributed by atoms with E-state index in [2.05, 4.69) is 132 Å². The Bertz CT molecular complexity index is 3340. The van der Waals surface area contributed by atoms with Crippen molar-refractivity contribution in [3.63, 3.8) is 0 Å². The summed E-state index contributed by atoms with van der Waals surface area (Å²) in [4.78, 5) is 2.31. The van der Waals surface area contributed by atoms with E-state index in [1.807, 2.05) is 59.2 Å². The number of anilines is 3. The number of fused-ring (bicyclic) bond motifs is 7. The molecule has 0 aliphatic rings. The molecule has 3 nitrogen and oxygen atoms in total. The van der Waals surface area contributed by atoms with Gasteiger partial charge in [0.1, 0.15) is 17.0 Å². The van der Waals surface area contributed by atoms with Crippen LogP contribution in [0.15, 0.2) is 199 Å². The maximum atomic E-state index is 15.5. The molecule has 0 spiro atoms. The van der Waals surface area contributed by atoms with Crippen molar-refractivity contribution in [3.05, 3.63) is 206 Å². The largest absolute Gasteiger partial charge is 0.455 e. The van der Waals surface area contributed by atoms with Crippen molar-refractivity contribution in [1.82, 2.24) is 4.57 Å². The van der Waals surface area contributed by atoms with Gasteiger partial charge in [-0.25, -0.2) is 8.78 Å². The third-order valence-electron chi connectivity index (χ3n) is 11.1. The predicted molar refractivity (Wildman–Crippen MR) is 231 cm³/mol. The van der Waals surface area contributed by atoms with Gasteiger partial charge in [0.2, 0.25) is 0 Å². The summed E-state index contributed by atoms with van der Waals surface area (Å²) in [6.45, 7) is 0. The van der Waals surface area contributed by atoms with Crippen LogP contribution in [0.25, 0.3) is 82.5 Å². The SMILES string of the molecule is Fc1cc(F)c2c(c1)c1ccccc1n2-c1cccc(-c2ccc(N(c3cccc(-c4cccc5c4oc4ccccc45)c3)c3cccc4ccccc34)cc2)c1. The van der Waals surface area contributed by atoms with Crippen molar-refractivity contribution in [2.45, 2.75) is 0 Å². The van der Waals surface area contributed by atoms with Gasteiger partial charge >= 0.3 is 0 Å². The van der Waals surface area contributed by atoms with Gasteiger partial charge in [-0.1, -0.05) is 127 Å². The highest BCUT2D eigenvalue weighted by Gasteiger charge is 2.20. The van der Waals surface area contributed by atoms with Crippen molar-refractivity contribution in [3.8, 4) is 27.9 Å². The van der Waals surface area contributed by atoms with Gasteiger partial charge in [0, 0.05) is 55.6 Å². The third-order valence-corrected chi connectivity index (χ3v) is 11.1. The Labute approximate surface area is 326 Å². The number of para-hydroxylation sites is 3. The van der Waals surface area contributed by atoms with Gasteiger partial charge in [-0.05, 0) is 82.7 Å². The van der Waals surface area contributed by atoms with E-state index in [1.54, 1.807) is 0 Å². The van der Waals surface area contributed by atoms with Crippen LogP contribution in [0, 0.1) is 11.6 Å². The molecular formula is C52H32F2N2O. The predicted octanol–water partition coefficient (Wildman–Crippen LogP) is 14.9. The van der Waals surface area contributed by atoms with E-state index in [0.717, 1.165) is 94.7 Å². The van der Waals surface area contributed by atoms with Gasteiger partial charge in [0.05, 0.1) is 16.7 Å². The normalized spacial score (nSPS) is 11.7. The van der Waals surface area contributed by atoms with Crippen LogP contribution < -0.4 is 4.90 Å². The number of furan rings is 1.